The van der Waals surface area contributed by atoms with E-state index in [-0.39, 0.29) is 10.8 Å². The summed E-state index contributed by atoms with van der Waals surface area (Å²) in [6.07, 6.45) is 1.50. The zero-order valence-electron chi connectivity index (χ0n) is 11.8. The van der Waals surface area contributed by atoms with Gasteiger partial charge in [0, 0.05) is 23.0 Å². The first-order valence-corrected chi connectivity index (χ1v) is 6.85. The first-order valence-electron chi connectivity index (χ1n) is 6.47. The van der Waals surface area contributed by atoms with E-state index >= 15 is 0 Å². The van der Waals surface area contributed by atoms with E-state index < -0.39 is 5.82 Å². The van der Waals surface area contributed by atoms with Gasteiger partial charge in [0.25, 0.3) is 0 Å². The number of hydrogen-bond donors (Lipinski definition) is 1. The molecule has 0 atom stereocenters. The number of rotatable bonds is 4. The maximum absolute atomic E-state index is 13.1. The molecule has 0 heterocycles. The van der Waals surface area contributed by atoms with Crippen LogP contribution in [0.4, 0.5) is 10.1 Å². The number of halogens is 2. The summed E-state index contributed by atoms with van der Waals surface area (Å²) in [7, 11) is 0. The minimum atomic E-state index is -0.473. The lowest BCUT2D eigenvalue weighted by molar-refractivity contribution is 0.104. The van der Waals surface area contributed by atoms with Crippen LogP contribution in [-0.4, -0.2) is 5.78 Å². The second-order valence-corrected chi connectivity index (χ2v) is 5.22. The number of carbonyl (C=O) groups excluding carboxylic acids is 1. The molecule has 2 aromatic rings. The predicted octanol–water partition coefficient (Wildman–Crippen LogP) is 4.99. The Hall–Kier alpha value is -2.13. The van der Waals surface area contributed by atoms with Gasteiger partial charge in [-0.05, 0) is 32.0 Å². The molecule has 0 aliphatic carbocycles. The van der Waals surface area contributed by atoms with Crippen LogP contribution in [0.3, 0.4) is 0 Å². The summed E-state index contributed by atoms with van der Waals surface area (Å²) in [6.45, 7) is 3.73. The number of ketones is 1. The molecule has 0 aromatic heterocycles. The van der Waals surface area contributed by atoms with Gasteiger partial charge in [-0.3, -0.25) is 4.79 Å². The summed E-state index contributed by atoms with van der Waals surface area (Å²) in [5, 5.41) is 3.05. The van der Waals surface area contributed by atoms with Crippen LogP contribution in [0, 0.1) is 12.7 Å². The fraction of sp³-hybridized carbons (Fsp3) is 0.118. The van der Waals surface area contributed by atoms with Gasteiger partial charge in [-0.15, -0.1) is 0 Å². The first-order chi connectivity index (χ1) is 9.95. The maximum atomic E-state index is 13.1. The van der Waals surface area contributed by atoms with E-state index in [0.29, 0.717) is 16.9 Å². The molecule has 2 aromatic carbocycles. The summed E-state index contributed by atoms with van der Waals surface area (Å²) in [5.74, 6) is -0.562. The number of aryl methyl sites for hydroxylation is 1. The van der Waals surface area contributed by atoms with Crippen molar-refractivity contribution >= 4 is 23.1 Å². The Kier molecular flexibility index (Phi) is 4.76. The van der Waals surface area contributed by atoms with Gasteiger partial charge in [0.2, 0.25) is 0 Å². The second kappa shape index (κ2) is 6.55. The summed E-state index contributed by atoms with van der Waals surface area (Å²) >= 11 is 5.71. The number of anilines is 1. The SMILES string of the molecule is C/C(=C\C(=O)c1ccc(C)cc1)Nc1ccc(F)c(Cl)c1. The smallest absolute Gasteiger partial charge is 0.187 e. The highest BCUT2D eigenvalue weighted by atomic mass is 35.5. The third-order valence-electron chi connectivity index (χ3n) is 2.94. The van der Waals surface area contributed by atoms with Crippen LogP contribution in [-0.2, 0) is 0 Å². The van der Waals surface area contributed by atoms with Crippen LogP contribution in [0.15, 0.2) is 54.2 Å². The van der Waals surface area contributed by atoms with Crippen LogP contribution in [0.25, 0.3) is 0 Å². The molecule has 2 rings (SSSR count). The molecule has 0 saturated carbocycles. The molecule has 108 valence electrons. The molecule has 0 fully saturated rings. The number of benzene rings is 2. The molecule has 2 nitrogen and oxygen atoms in total. The van der Waals surface area contributed by atoms with Crippen molar-refractivity contribution in [3.05, 3.63) is 76.2 Å². The molecule has 0 saturated heterocycles. The van der Waals surface area contributed by atoms with Gasteiger partial charge in [-0.2, -0.15) is 0 Å². The summed E-state index contributed by atoms with van der Waals surface area (Å²) in [6, 6.07) is 11.7. The molecule has 0 unspecified atom stereocenters. The molecule has 0 spiro atoms. The molecular formula is C17H15ClFNO. The summed E-state index contributed by atoms with van der Waals surface area (Å²) < 4.78 is 13.1. The van der Waals surface area contributed by atoms with Crippen LogP contribution < -0.4 is 5.32 Å². The number of hydrogen-bond acceptors (Lipinski definition) is 2. The van der Waals surface area contributed by atoms with Crippen molar-refractivity contribution in [3.63, 3.8) is 0 Å². The zero-order valence-corrected chi connectivity index (χ0v) is 12.5. The zero-order chi connectivity index (χ0) is 15.4. The lowest BCUT2D eigenvalue weighted by Crippen LogP contribution is -2.01. The van der Waals surface area contributed by atoms with Gasteiger partial charge >= 0.3 is 0 Å². The Morgan fingerprint density at radius 2 is 1.86 bits per heavy atom. The van der Waals surface area contributed by atoms with Crippen molar-refractivity contribution < 1.29 is 9.18 Å². The Balaban J connectivity index is 2.11. The fourth-order valence-corrected chi connectivity index (χ4v) is 2.02. The largest absolute Gasteiger partial charge is 0.359 e. The van der Waals surface area contributed by atoms with E-state index in [1.54, 1.807) is 25.1 Å². The summed E-state index contributed by atoms with van der Waals surface area (Å²) in [5.41, 5.74) is 3.01. The molecule has 0 amide bonds. The average Bonchev–Trinajstić information content (AvgIpc) is 2.43. The molecular weight excluding hydrogens is 289 g/mol. The lowest BCUT2D eigenvalue weighted by Gasteiger charge is -2.07. The van der Waals surface area contributed by atoms with Crippen LogP contribution >= 0.6 is 11.6 Å². The van der Waals surface area contributed by atoms with Crippen molar-refractivity contribution in [1.82, 2.24) is 0 Å². The highest BCUT2D eigenvalue weighted by Gasteiger charge is 2.04. The Morgan fingerprint density at radius 1 is 1.19 bits per heavy atom. The Morgan fingerprint density at radius 3 is 2.48 bits per heavy atom. The molecule has 0 bridgehead atoms. The van der Waals surface area contributed by atoms with Crippen LogP contribution in [0.1, 0.15) is 22.8 Å². The standard InChI is InChI=1S/C17H15ClFNO/c1-11-3-5-13(6-4-11)17(21)9-12(2)20-14-7-8-16(19)15(18)10-14/h3-10,20H,1-2H3/b12-9+. The third kappa shape index (κ3) is 4.17. The van der Waals surface area contributed by atoms with Crippen molar-refractivity contribution in [2.24, 2.45) is 0 Å². The normalized spacial score (nSPS) is 11.3. The van der Waals surface area contributed by atoms with Crippen molar-refractivity contribution in [2.75, 3.05) is 5.32 Å². The monoisotopic (exact) mass is 303 g/mol. The lowest BCUT2D eigenvalue weighted by atomic mass is 10.1. The molecule has 1 N–H and O–H groups in total. The highest BCUT2D eigenvalue weighted by molar-refractivity contribution is 6.31. The van der Waals surface area contributed by atoms with Crippen molar-refractivity contribution in [1.29, 1.82) is 0 Å². The Labute approximate surface area is 128 Å². The quantitative estimate of drug-likeness (QED) is 0.637. The van der Waals surface area contributed by atoms with E-state index in [2.05, 4.69) is 5.32 Å². The van der Waals surface area contributed by atoms with Crippen LogP contribution in [0.2, 0.25) is 5.02 Å². The topological polar surface area (TPSA) is 29.1 Å². The van der Waals surface area contributed by atoms with E-state index in [1.165, 1.54) is 18.2 Å². The molecule has 0 radical (unpaired) electrons. The Bertz CT molecular complexity index is 692. The van der Waals surface area contributed by atoms with Gasteiger partial charge in [-0.1, -0.05) is 41.4 Å². The first kappa shape index (κ1) is 15.3. The van der Waals surface area contributed by atoms with E-state index in [0.717, 1.165) is 5.56 Å². The van der Waals surface area contributed by atoms with Crippen molar-refractivity contribution in [3.8, 4) is 0 Å². The van der Waals surface area contributed by atoms with Crippen LogP contribution in [0.5, 0.6) is 0 Å². The minimum Gasteiger partial charge on any atom is -0.359 e. The van der Waals surface area contributed by atoms with Gasteiger partial charge < -0.3 is 5.32 Å². The minimum absolute atomic E-state index is 0.0395. The third-order valence-corrected chi connectivity index (χ3v) is 3.23. The molecule has 4 heteroatoms. The van der Waals surface area contributed by atoms with Gasteiger partial charge in [-0.25, -0.2) is 4.39 Å². The van der Waals surface area contributed by atoms with Gasteiger partial charge in [0.15, 0.2) is 5.78 Å². The fourth-order valence-electron chi connectivity index (χ4n) is 1.84. The van der Waals surface area contributed by atoms with E-state index in [1.807, 2.05) is 19.1 Å². The van der Waals surface area contributed by atoms with E-state index in [4.69, 9.17) is 11.6 Å². The predicted molar refractivity (Wildman–Crippen MR) is 84.3 cm³/mol. The molecule has 0 aliphatic rings. The van der Waals surface area contributed by atoms with Crippen molar-refractivity contribution in [2.45, 2.75) is 13.8 Å². The summed E-state index contributed by atoms with van der Waals surface area (Å²) in [4.78, 5) is 12.1. The molecule has 21 heavy (non-hydrogen) atoms. The number of carbonyl (C=O) groups is 1. The number of nitrogens with one attached hydrogen (secondary N) is 1. The maximum Gasteiger partial charge on any atom is 0.187 e. The average molecular weight is 304 g/mol. The van der Waals surface area contributed by atoms with Gasteiger partial charge in [0.1, 0.15) is 5.82 Å². The van der Waals surface area contributed by atoms with E-state index in [9.17, 15) is 9.18 Å². The molecule has 0 aliphatic heterocycles. The second-order valence-electron chi connectivity index (χ2n) is 4.81. The number of allylic oxidation sites excluding steroid dienone is 2. The highest BCUT2D eigenvalue weighted by Crippen LogP contribution is 2.20. The van der Waals surface area contributed by atoms with Gasteiger partial charge in [0.05, 0.1) is 5.02 Å².